The Balaban J connectivity index is 2.09. The van der Waals surface area contributed by atoms with Crippen molar-refractivity contribution in [2.45, 2.75) is 38.6 Å². The first-order chi connectivity index (χ1) is 6.68. The third kappa shape index (κ3) is 4.61. The Hall–Kier alpha value is -0.570. The highest BCUT2D eigenvalue weighted by molar-refractivity contribution is 5.80. The van der Waals surface area contributed by atoms with Gasteiger partial charge in [-0.15, -0.1) is 0 Å². The second-order valence-electron chi connectivity index (χ2n) is 4.04. The lowest BCUT2D eigenvalue weighted by molar-refractivity contribution is -0.117. The number of rotatable bonds is 4. The van der Waals surface area contributed by atoms with Gasteiger partial charge in [-0.05, 0) is 38.5 Å². The molecule has 3 nitrogen and oxygen atoms in total. The first kappa shape index (κ1) is 11.5. The van der Waals surface area contributed by atoms with E-state index in [2.05, 4.69) is 5.32 Å². The fourth-order valence-electron chi connectivity index (χ4n) is 1.84. The molecule has 0 saturated carbocycles. The van der Waals surface area contributed by atoms with Gasteiger partial charge in [0.15, 0.2) is 0 Å². The van der Waals surface area contributed by atoms with E-state index in [-0.39, 0.29) is 6.04 Å². The summed E-state index contributed by atoms with van der Waals surface area (Å²) in [5, 5.41) is 2.69. The van der Waals surface area contributed by atoms with Gasteiger partial charge in [-0.3, -0.25) is 4.79 Å². The van der Waals surface area contributed by atoms with E-state index < -0.39 is 5.91 Å². The maximum atomic E-state index is 10.6. The second-order valence-corrected chi connectivity index (χ2v) is 4.04. The van der Waals surface area contributed by atoms with E-state index in [1.54, 1.807) is 0 Å². The number of ether oxygens (including phenoxy) is 1. The quantitative estimate of drug-likeness (QED) is 0.740. The topological polar surface area (TPSA) is 38.3 Å². The molecule has 0 spiro atoms. The van der Waals surface area contributed by atoms with Gasteiger partial charge < -0.3 is 10.1 Å². The van der Waals surface area contributed by atoms with Crippen molar-refractivity contribution in [2.24, 2.45) is 5.92 Å². The third-order valence-corrected chi connectivity index (χ3v) is 2.74. The summed E-state index contributed by atoms with van der Waals surface area (Å²) in [6.45, 7) is 8.80. The minimum absolute atomic E-state index is 0.190. The van der Waals surface area contributed by atoms with Gasteiger partial charge in [0.25, 0.3) is 0 Å². The number of hydrogen-bond donors (Lipinski definition) is 1. The maximum Gasteiger partial charge on any atom is 0.224 e. The maximum absolute atomic E-state index is 10.6. The first-order valence-corrected chi connectivity index (χ1v) is 5.32. The van der Waals surface area contributed by atoms with Crippen LogP contribution in [-0.4, -0.2) is 25.2 Å². The van der Waals surface area contributed by atoms with Crippen LogP contribution in [0.1, 0.15) is 32.6 Å². The van der Waals surface area contributed by atoms with Crippen LogP contribution in [0.5, 0.6) is 0 Å². The van der Waals surface area contributed by atoms with Gasteiger partial charge in [0.2, 0.25) is 5.91 Å². The standard InChI is InChI=1S/C11H19NO2/c1-9(12-10(2)13)3-4-11-5-7-14-8-6-11/h2,9,11H,3-8H2,1H3,(H,12,13). The van der Waals surface area contributed by atoms with E-state index in [9.17, 15) is 4.79 Å². The molecule has 0 aromatic carbocycles. The molecule has 0 aromatic heterocycles. The van der Waals surface area contributed by atoms with Crippen LogP contribution in [0.3, 0.4) is 0 Å². The Morgan fingerprint density at radius 1 is 1.57 bits per heavy atom. The zero-order chi connectivity index (χ0) is 10.4. The molecule has 3 heteroatoms. The number of nitrogens with one attached hydrogen (secondary N) is 1. The van der Waals surface area contributed by atoms with E-state index in [1.807, 2.05) is 6.92 Å². The number of hydrogen-bond acceptors (Lipinski definition) is 2. The molecule has 0 aliphatic carbocycles. The van der Waals surface area contributed by atoms with Crippen LogP contribution in [0.2, 0.25) is 0 Å². The predicted molar refractivity (Wildman–Crippen MR) is 54.7 cm³/mol. The molecule has 0 bridgehead atoms. The van der Waals surface area contributed by atoms with Gasteiger partial charge in [-0.1, -0.05) is 0 Å². The summed E-state index contributed by atoms with van der Waals surface area (Å²) in [7, 11) is 0. The lowest BCUT2D eigenvalue weighted by Crippen LogP contribution is -2.31. The Morgan fingerprint density at radius 3 is 2.79 bits per heavy atom. The van der Waals surface area contributed by atoms with Crippen LogP contribution in [0.4, 0.5) is 0 Å². The van der Waals surface area contributed by atoms with E-state index in [0.29, 0.717) is 0 Å². The SMILES string of the molecule is [CH]C(=O)NC(C)CCC1CCOCC1. The Morgan fingerprint density at radius 2 is 2.21 bits per heavy atom. The van der Waals surface area contributed by atoms with Crippen molar-refractivity contribution in [2.75, 3.05) is 13.2 Å². The second kappa shape index (κ2) is 6.02. The highest BCUT2D eigenvalue weighted by Gasteiger charge is 2.14. The van der Waals surface area contributed by atoms with Crippen molar-refractivity contribution in [3.63, 3.8) is 0 Å². The van der Waals surface area contributed by atoms with E-state index in [1.165, 1.54) is 0 Å². The van der Waals surface area contributed by atoms with Crippen molar-refractivity contribution in [3.8, 4) is 0 Å². The summed E-state index contributed by atoms with van der Waals surface area (Å²) in [6, 6.07) is 0.190. The molecule has 1 N–H and O–H groups in total. The third-order valence-electron chi connectivity index (χ3n) is 2.74. The first-order valence-electron chi connectivity index (χ1n) is 5.32. The minimum Gasteiger partial charge on any atom is -0.381 e. The molecule has 0 aromatic rings. The van der Waals surface area contributed by atoms with Crippen LogP contribution in [0.15, 0.2) is 0 Å². The molecule has 1 atom stereocenters. The summed E-state index contributed by atoms with van der Waals surface area (Å²) in [5.74, 6) is 0.338. The number of carbonyl (C=O) groups is 1. The summed E-state index contributed by atoms with van der Waals surface area (Å²) >= 11 is 0. The van der Waals surface area contributed by atoms with E-state index >= 15 is 0 Å². The molecule has 1 saturated heterocycles. The molecule has 1 aliphatic rings. The van der Waals surface area contributed by atoms with Crippen molar-refractivity contribution >= 4 is 5.91 Å². The van der Waals surface area contributed by atoms with Crippen molar-refractivity contribution in [3.05, 3.63) is 6.92 Å². The molecule has 2 radical (unpaired) electrons. The van der Waals surface area contributed by atoms with Gasteiger partial charge in [-0.2, -0.15) is 0 Å². The summed E-state index contributed by atoms with van der Waals surface area (Å²) < 4.78 is 5.28. The van der Waals surface area contributed by atoms with Gasteiger partial charge in [0.1, 0.15) is 0 Å². The Bertz CT molecular complexity index is 176. The molecular weight excluding hydrogens is 178 g/mol. The molecule has 1 rings (SSSR count). The van der Waals surface area contributed by atoms with Gasteiger partial charge >= 0.3 is 0 Å². The van der Waals surface area contributed by atoms with Crippen molar-refractivity contribution < 1.29 is 9.53 Å². The van der Waals surface area contributed by atoms with Crippen LogP contribution >= 0.6 is 0 Å². The normalized spacial score (nSPS) is 20.4. The minimum atomic E-state index is -0.426. The zero-order valence-corrected chi connectivity index (χ0v) is 8.79. The number of amides is 1. The average molecular weight is 197 g/mol. The van der Waals surface area contributed by atoms with Crippen molar-refractivity contribution in [1.82, 2.24) is 5.32 Å². The van der Waals surface area contributed by atoms with Crippen LogP contribution in [0, 0.1) is 12.8 Å². The van der Waals surface area contributed by atoms with Crippen molar-refractivity contribution in [1.29, 1.82) is 0 Å². The van der Waals surface area contributed by atoms with Gasteiger partial charge in [0, 0.05) is 19.3 Å². The molecule has 14 heavy (non-hydrogen) atoms. The fourth-order valence-corrected chi connectivity index (χ4v) is 1.84. The van der Waals surface area contributed by atoms with Crippen LogP contribution in [0.25, 0.3) is 0 Å². The monoisotopic (exact) mass is 197 g/mol. The smallest absolute Gasteiger partial charge is 0.224 e. The van der Waals surface area contributed by atoms with Crippen LogP contribution < -0.4 is 5.32 Å². The molecule has 1 aliphatic heterocycles. The summed E-state index contributed by atoms with van der Waals surface area (Å²) in [5.41, 5.74) is 0. The predicted octanol–water partition coefficient (Wildman–Crippen LogP) is 1.41. The largest absolute Gasteiger partial charge is 0.381 e. The highest BCUT2D eigenvalue weighted by Crippen LogP contribution is 2.20. The zero-order valence-electron chi connectivity index (χ0n) is 8.79. The lowest BCUT2D eigenvalue weighted by Gasteiger charge is -2.23. The summed E-state index contributed by atoms with van der Waals surface area (Å²) in [6.07, 6.45) is 4.48. The lowest BCUT2D eigenvalue weighted by atomic mass is 9.93. The molecule has 1 amide bonds. The molecular formula is C11H19NO2. The number of carbonyl (C=O) groups excluding carboxylic acids is 1. The van der Waals surface area contributed by atoms with E-state index in [0.717, 1.165) is 44.8 Å². The van der Waals surface area contributed by atoms with Gasteiger partial charge in [0.05, 0.1) is 6.92 Å². The molecule has 80 valence electrons. The van der Waals surface area contributed by atoms with Crippen LogP contribution in [-0.2, 0) is 9.53 Å². The molecule has 1 unspecified atom stereocenters. The van der Waals surface area contributed by atoms with Gasteiger partial charge in [-0.25, -0.2) is 0 Å². The van der Waals surface area contributed by atoms with E-state index in [4.69, 9.17) is 11.7 Å². The Labute approximate surface area is 86.2 Å². The average Bonchev–Trinajstić information content (AvgIpc) is 2.15. The molecule has 1 heterocycles. The molecule has 1 fully saturated rings. The summed E-state index contributed by atoms with van der Waals surface area (Å²) in [4.78, 5) is 10.6. The Kier molecular flexibility index (Phi) is 4.94. The fraction of sp³-hybridized carbons (Fsp3) is 0.818. The highest BCUT2D eigenvalue weighted by atomic mass is 16.5.